The molecule has 1 amide bonds. The molecular formula is C17H25N3O2. The van der Waals surface area contributed by atoms with Crippen LogP contribution in [0.15, 0.2) is 24.5 Å². The molecule has 2 aliphatic heterocycles. The van der Waals surface area contributed by atoms with Crippen LogP contribution in [0.25, 0.3) is 0 Å². The number of rotatable bonds is 5. The van der Waals surface area contributed by atoms with E-state index >= 15 is 0 Å². The highest BCUT2D eigenvalue weighted by molar-refractivity contribution is 5.76. The molecule has 22 heavy (non-hydrogen) atoms. The van der Waals surface area contributed by atoms with Crippen molar-refractivity contribution in [1.29, 1.82) is 0 Å². The Kier molecular flexibility index (Phi) is 4.74. The number of hydrogen-bond acceptors (Lipinski definition) is 4. The van der Waals surface area contributed by atoms with E-state index in [1.165, 1.54) is 0 Å². The second kappa shape index (κ2) is 6.75. The second-order valence-electron chi connectivity index (χ2n) is 6.68. The number of ether oxygens (including phenoxy) is 1. The minimum atomic E-state index is 0.0644. The summed E-state index contributed by atoms with van der Waals surface area (Å²) in [7, 11) is 0. The van der Waals surface area contributed by atoms with E-state index in [0.717, 1.165) is 25.1 Å². The predicted molar refractivity (Wildman–Crippen MR) is 84.2 cm³/mol. The number of hydrogen-bond donors (Lipinski definition) is 1. The fourth-order valence-electron chi connectivity index (χ4n) is 3.43. The van der Waals surface area contributed by atoms with Crippen molar-refractivity contribution in [3.8, 4) is 0 Å². The van der Waals surface area contributed by atoms with E-state index in [4.69, 9.17) is 4.74 Å². The van der Waals surface area contributed by atoms with Gasteiger partial charge in [0.25, 0.3) is 0 Å². The van der Waals surface area contributed by atoms with Gasteiger partial charge < -0.3 is 10.1 Å². The first-order chi connectivity index (χ1) is 10.6. The second-order valence-corrected chi connectivity index (χ2v) is 6.68. The molecule has 2 fully saturated rings. The molecule has 2 aliphatic rings. The van der Waals surface area contributed by atoms with Crippen LogP contribution in [-0.4, -0.2) is 47.1 Å². The van der Waals surface area contributed by atoms with E-state index < -0.39 is 0 Å². The molecule has 0 aromatic carbocycles. The summed E-state index contributed by atoms with van der Waals surface area (Å²) in [6.07, 6.45) is 5.38. The lowest BCUT2D eigenvalue weighted by molar-refractivity contribution is -0.124. The number of nitrogens with zero attached hydrogens (tertiary/aromatic N) is 2. The number of carbonyl (C=O) groups excluding carboxylic acids is 1. The molecule has 0 radical (unpaired) electrons. The first-order valence-corrected chi connectivity index (χ1v) is 8.17. The van der Waals surface area contributed by atoms with Crippen molar-refractivity contribution in [2.45, 2.75) is 51.5 Å². The average Bonchev–Trinajstić information content (AvgIpc) is 3.04. The lowest BCUT2D eigenvalue weighted by atomic mass is 10.0. The van der Waals surface area contributed by atoms with Crippen molar-refractivity contribution < 1.29 is 9.53 Å². The van der Waals surface area contributed by atoms with Crippen molar-refractivity contribution >= 4 is 5.91 Å². The van der Waals surface area contributed by atoms with Crippen LogP contribution >= 0.6 is 0 Å². The van der Waals surface area contributed by atoms with Gasteiger partial charge in [-0.05, 0) is 31.9 Å². The normalized spacial score (nSPS) is 28.0. The zero-order valence-electron chi connectivity index (χ0n) is 13.4. The Morgan fingerprint density at radius 2 is 2.36 bits per heavy atom. The van der Waals surface area contributed by atoms with Crippen molar-refractivity contribution in [3.63, 3.8) is 0 Å². The van der Waals surface area contributed by atoms with Gasteiger partial charge in [-0.15, -0.1) is 0 Å². The van der Waals surface area contributed by atoms with Crippen LogP contribution in [0.1, 0.15) is 32.3 Å². The third kappa shape index (κ3) is 3.65. The molecule has 120 valence electrons. The maximum Gasteiger partial charge on any atom is 0.222 e. The summed E-state index contributed by atoms with van der Waals surface area (Å²) in [5.41, 5.74) is 1.02. The number of likely N-dealkylation sites (tertiary alicyclic amines) is 1. The minimum Gasteiger partial charge on any atom is -0.373 e. The Hall–Kier alpha value is -1.46. The smallest absolute Gasteiger partial charge is 0.222 e. The summed E-state index contributed by atoms with van der Waals surface area (Å²) < 4.78 is 6.07. The van der Waals surface area contributed by atoms with Gasteiger partial charge in [0.15, 0.2) is 0 Å². The van der Waals surface area contributed by atoms with Gasteiger partial charge in [-0.25, -0.2) is 0 Å². The summed E-state index contributed by atoms with van der Waals surface area (Å²) >= 11 is 0. The average molecular weight is 303 g/mol. The van der Waals surface area contributed by atoms with Gasteiger partial charge in [-0.1, -0.05) is 6.07 Å². The highest BCUT2D eigenvalue weighted by Crippen LogP contribution is 2.34. The summed E-state index contributed by atoms with van der Waals surface area (Å²) in [6.45, 7) is 7.11. The fourth-order valence-corrected chi connectivity index (χ4v) is 3.43. The van der Waals surface area contributed by atoms with E-state index in [-0.39, 0.29) is 12.0 Å². The molecule has 1 aromatic rings. The lowest BCUT2D eigenvalue weighted by Crippen LogP contribution is -2.32. The molecule has 0 aliphatic carbocycles. The quantitative estimate of drug-likeness (QED) is 0.897. The Labute approximate surface area is 132 Å². The highest BCUT2D eigenvalue weighted by atomic mass is 16.5. The van der Waals surface area contributed by atoms with Crippen molar-refractivity contribution in [1.82, 2.24) is 15.2 Å². The van der Waals surface area contributed by atoms with Gasteiger partial charge in [-0.2, -0.15) is 0 Å². The van der Waals surface area contributed by atoms with Gasteiger partial charge in [0, 0.05) is 44.0 Å². The molecule has 1 N–H and O–H groups in total. The summed E-state index contributed by atoms with van der Waals surface area (Å²) in [4.78, 5) is 18.6. The van der Waals surface area contributed by atoms with Gasteiger partial charge in [-0.3, -0.25) is 14.7 Å². The molecular weight excluding hydrogens is 278 g/mol. The molecule has 0 saturated carbocycles. The Balaban J connectivity index is 1.41. The number of pyridine rings is 1. The lowest BCUT2D eigenvalue weighted by Gasteiger charge is -2.22. The molecule has 3 rings (SSSR count). The molecule has 1 aromatic heterocycles. The number of amides is 1. The molecule has 0 spiro atoms. The van der Waals surface area contributed by atoms with Gasteiger partial charge in [0.05, 0.1) is 18.6 Å². The zero-order valence-corrected chi connectivity index (χ0v) is 13.4. The zero-order chi connectivity index (χ0) is 15.5. The Morgan fingerprint density at radius 1 is 1.50 bits per heavy atom. The largest absolute Gasteiger partial charge is 0.373 e. The molecule has 2 saturated heterocycles. The summed E-state index contributed by atoms with van der Waals surface area (Å²) in [5, 5.41) is 2.95. The number of fused-ring (bicyclic) bond motifs is 1. The van der Waals surface area contributed by atoms with E-state index in [0.29, 0.717) is 31.0 Å². The SMILES string of the molecule is CC(C)N1C[C@H]2C[C@H](CC(=O)NCc3cccnc3)O[C@@H]2C1. The van der Waals surface area contributed by atoms with Crippen molar-refractivity contribution in [2.24, 2.45) is 5.92 Å². The molecule has 0 unspecified atom stereocenters. The summed E-state index contributed by atoms with van der Waals surface area (Å²) in [5.74, 6) is 0.660. The van der Waals surface area contributed by atoms with Crippen LogP contribution in [-0.2, 0) is 16.1 Å². The van der Waals surface area contributed by atoms with Gasteiger partial charge in [0.1, 0.15) is 0 Å². The molecule has 5 heteroatoms. The molecule has 3 atom stereocenters. The van der Waals surface area contributed by atoms with Crippen LogP contribution in [0.4, 0.5) is 0 Å². The summed E-state index contributed by atoms with van der Waals surface area (Å²) in [6, 6.07) is 4.42. The maximum atomic E-state index is 12.0. The topological polar surface area (TPSA) is 54.5 Å². The van der Waals surface area contributed by atoms with Gasteiger partial charge >= 0.3 is 0 Å². The van der Waals surface area contributed by atoms with Crippen molar-refractivity contribution in [2.75, 3.05) is 13.1 Å². The third-order valence-electron chi connectivity index (χ3n) is 4.70. The highest BCUT2D eigenvalue weighted by Gasteiger charge is 2.42. The first kappa shape index (κ1) is 15.4. The first-order valence-electron chi connectivity index (χ1n) is 8.17. The molecule has 0 bridgehead atoms. The molecule has 5 nitrogen and oxygen atoms in total. The number of aromatic nitrogens is 1. The van der Waals surface area contributed by atoms with Gasteiger partial charge in [0.2, 0.25) is 5.91 Å². The van der Waals surface area contributed by atoms with E-state index in [9.17, 15) is 4.79 Å². The van der Waals surface area contributed by atoms with Crippen LogP contribution in [0.3, 0.4) is 0 Å². The van der Waals surface area contributed by atoms with E-state index in [2.05, 4.69) is 29.0 Å². The number of nitrogens with one attached hydrogen (secondary N) is 1. The molecule has 3 heterocycles. The third-order valence-corrected chi connectivity index (χ3v) is 4.70. The van der Waals surface area contributed by atoms with Crippen LogP contribution in [0.2, 0.25) is 0 Å². The number of carbonyl (C=O) groups is 1. The Morgan fingerprint density at radius 3 is 3.05 bits per heavy atom. The van der Waals surface area contributed by atoms with Crippen LogP contribution in [0.5, 0.6) is 0 Å². The van der Waals surface area contributed by atoms with Crippen LogP contribution in [0, 0.1) is 5.92 Å². The van der Waals surface area contributed by atoms with Crippen molar-refractivity contribution in [3.05, 3.63) is 30.1 Å². The minimum absolute atomic E-state index is 0.0644. The van der Waals surface area contributed by atoms with Crippen LogP contribution < -0.4 is 5.32 Å². The standard InChI is InChI=1S/C17H25N3O2/c1-12(2)20-10-14-6-15(22-16(14)11-20)7-17(21)19-9-13-4-3-5-18-8-13/h3-5,8,12,14-16H,6-7,9-11H2,1-2H3,(H,19,21)/t14-,15-,16-/m1/s1. The predicted octanol–water partition coefficient (Wildman–Crippen LogP) is 1.59. The van der Waals surface area contributed by atoms with E-state index in [1.54, 1.807) is 12.4 Å². The maximum absolute atomic E-state index is 12.0. The Bertz CT molecular complexity index is 492. The van der Waals surface area contributed by atoms with E-state index in [1.807, 2.05) is 12.1 Å². The monoisotopic (exact) mass is 303 g/mol. The fraction of sp³-hybridized carbons (Fsp3) is 0.647.